The van der Waals surface area contributed by atoms with Crippen molar-refractivity contribution in [2.45, 2.75) is 12.3 Å². The summed E-state index contributed by atoms with van der Waals surface area (Å²) in [6.07, 6.45) is 4.60. The van der Waals surface area contributed by atoms with E-state index in [0.717, 1.165) is 30.1 Å². The third-order valence-electron chi connectivity index (χ3n) is 3.60. The summed E-state index contributed by atoms with van der Waals surface area (Å²) in [5, 5.41) is 8.30. The molecule has 0 bridgehead atoms. The summed E-state index contributed by atoms with van der Waals surface area (Å²) in [6.45, 7) is 1.44. The van der Waals surface area contributed by atoms with Gasteiger partial charge < -0.3 is 9.26 Å². The van der Waals surface area contributed by atoms with Crippen molar-refractivity contribution in [1.29, 1.82) is 0 Å². The Morgan fingerprint density at radius 2 is 2.24 bits per heavy atom. The van der Waals surface area contributed by atoms with Crippen LogP contribution in [-0.2, 0) is 4.74 Å². The summed E-state index contributed by atoms with van der Waals surface area (Å²) >= 11 is 0. The second kappa shape index (κ2) is 5.14. The minimum absolute atomic E-state index is 0.247. The van der Waals surface area contributed by atoms with Crippen molar-refractivity contribution >= 4 is 0 Å². The van der Waals surface area contributed by atoms with Crippen LogP contribution in [0.5, 0.6) is 0 Å². The van der Waals surface area contributed by atoms with Gasteiger partial charge in [0, 0.05) is 30.5 Å². The van der Waals surface area contributed by atoms with Gasteiger partial charge in [0.15, 0.2) is 5.82 Å². The van der Waals surface area contributed by atoms with E-state index < -0.39 is 0 Å². The van der Waals surface area contributed by atoms with E-state index in [4.69, 9.17) is 9.26 Å². The summed E-state index contributed by atoms with van der Waals surface area (Å²) in [5.74, 6) is 1.51. The highest BCUT2D eigenvalue weighted by molar-refractivity contribution is 5.57. The van der Waals surface area contributed by atoms with Crippen LogP contribution in [0.3, 0.4) is 0 Å². The van der Waals surface area contributed by atoms with Crippen LogP contribution < -0.4 is 0 Å². The Hall–Kier alpha value is -2.47. The van der Waals surface area contributed by atoms with Crippen molar-refractivity contribution in [3.8, 4) is 17.1 Å². The normalized spacial score (nSPS) is 18.2. The molecule has 3 aromatic rings. The largest absolute Gasteiger partial charge is 0.381 e. The van der Waals surface area contributed by atoms with Crippen LogP contribution in [0.1, 0.15) is 18.2 Å². The van der Waals surface area contributed by atoms with Crippen LogP contribution in [0.4, 0.5) is 0 Å². The number of hydrogen-bond acceptors (Lipinski definition) is 5. The molecule has 1 atom stereocenters. The first kappa shape index (κ1) is 12.3. The summed E-state index contributed by atoms with van der Waals surface area (Å²) < 4.78 is 12.5. The first-order valence-corrected chi connectivity index (χ1v) is 6.92. The van der Waals surface area contributed by atoms with Gasteiger partial charge in [-0.2, -0.15) is 10.1 Å². The van der Waals surface area contributed by atoms with Gasteiger partial charge in [0.05, 0.1) is 12.3 Å². The van der Waals surface area contributed by atoms with Gasteiger partial charge in [-0.15, -0.1) is 0 Å². The molecule has 1 aliphatic rings. The Morgan fingerprint density at radius 1 is 1.24 bits per heavy atom. The molecule has 4 rings (SSSR count). The number of aromatic nitrogens is 4. The number of rotatable bonds is 3. The molecular formula is C15H14N4O2. The van der Waals surface area contributed by atoms with E-state index in [0.29, 0.717) is 12.5 Å². The standard InChI is InChI=1S/C15H14N4O2/c1-3-11(9-13(4-1)19-7-2-6-16-19)15-17-14(18-21-15)12-5-8-20-10-12/h1-4,6-7,9,12H,5,8,10H2/t12-/m0/s1. The summed E-state index contributed by atoms with van der Waals surface area (Å²) in [6, 6.07) is 9.76. The van der Waals surface area contributed by atoms with Gasteiger partial charge in [0.1, 0.15) is 0 Å². The SMILES string of the molecule is c1cc(-c2nc([C@H]3CCOC3)no2)cc(-n2cccn2)c1. The predicted molar refractivity (Wildman–Crippen MR) is 75.0 cm³/mol. The molecule has 0 radical (unpaired) electrons. The molecule has 0 amide bonds. The predicted octanol–water partition coefficient (Wildman–Crippen LogP) is 2.43. The fraction of sp³-hybridized carbons (Fsp3) is 0.267. The fourth-order valence-electron chi connectivity index (χ4n) is 2.46. The lowest BCUT2D eigenvalue weighted by Crippen LogP contribution is -1.99. The van der Waals surface area contributed by atoms with Crippen LogP contribution in [0, 0.1) is 0 Å². The second-order valence-corrected chi connectivity index (χ2v) is 5.02. The van der Waals surface area contributed by atoms with Crippen LogP contribution in [-0.4, -0.2) is 33.1 Å². The molecule has 0 saturated carbocycles. The lowest BCUT2D eigenvalue weighted by Gasteiger charge is -2.02. The van der Waals surface area contributed by atoms with Crippen LogP contribution in [0.25, 0.3) is 17.1 Å². The summed E-state index contributed by atoms with van der Waals surface area (Å²) in [5.41, 5.74) is 1.85. The first-order valence-electron chi connectivity index (χ1n) is 6.92. The molecule has 0 N–H and O–H groups in total. The van der Waals surface area contributed by atoms with Crippen molar-refractivity contribution < 1.29 is 9.26 Å². The van der Waals surface area contributed by atoms with Crippen LogP contribution in [0.15, 0.2) is 47.2 Å². The number of benzene rings is 1. The lowest BCUT2D eigenvalue weighted by atomic mass is 10.1. The highest BCUT2D eigenvalue weighted by atomic mass is 16.5. The van der Waals surface area contributed by atoms with E-state index in [9.17, 15) is 0 Å². The summed E-state index contributed by atoms with van der Waals surface area (Å²) in [7, 11) is 0. The van der Waals surface area contributed by atoms with Crippen molar-refractivity contribution in [1.82, 2.24) is 19.9 Å². The van der Waals surface area contributed by atoms with Gasteiger partial charge in [0.25, 0.3) is 5.89 Å². The van der Waals surface area contributed by atoms with Gasteiger partial charge >= 0.3 is 0 Å². The molecule has 0 unspecified atom stereocenters. The Labute approximate surface area is 121 Å². The summed E-state index contributed by atoms with van der Waals surface area (Å²) in [4.78, 5) is 4.50. The monoisotopic (exact) mass is 282 g/mol. The third kappa shape index (κ3) is 2.34. The molecule has 1 aliphatic heterocycles. The number of nitrogens with zero attached hydrogens (tertiary/aromatic N) is 4. The van der Waals surface area contributed by atoms with E-state index in [1.807, 2.05) is 36.5 Å². The Kier molecular flexibility index (Phi) is 3.01. The number of hydrogen-bond donors (Lipinski definition) is 0. The zero-order valence-electron chi connectivity index (χ0n) is 11.3. The molecule has 3 heterocycles. The zero-order chi connectivity index (χ0) is 14.1. The molecule has 0 spiro atoms. The van der Waals surface area contributed by atoms with Gasteiger partial charge in [-0.1, -0.05) is 11.2 Å². The van der Waals surface area contributed by atoms with E-state index in [1.165, 1.54) is 0 Å². The van der Waals surface area contributed by atoms with Crippen LogP contribution in [0.2, 0.25) is 0 Å². The van der Waals surface area contributed by atoms with Gasteiger partial charge in [-0.25, -0.2) is 4.68 Å². The quantitative estimate of drug-likeness (QED) is 0.738. The van der Waals surface area contributed by atoms with Crippen molar-refractivity contribution in [2.24, 2.45) is 0 Å². The van der Waals surface area contributed by atoms with Gasteiger partial charge in [-0.05, 0) is 30.7 Å². The topological polar surface area (TPSA) is 66.0 Å². The Bertz CT molecular complexity index is 730. The molecule has 1 saturated heterocycles. The van der Waals surface area contributed by atoms with Gasteiger partial charge in [0.2, 0.25) is 0 Å². The molecular weight excluding hydrogens is 268 g/mol. The molecule has 2 aromatic heterocycles. The third-order valence-corrected chi connectivity index (χ3v) is 3.60. The van der Waals surface area contributed by atoms with Crippen molar-refractivity contribution in [3.05, 3.63) is 48.5 Å². The van der Waals surface area contributed by atoms with E-state index in [2.05, 4.69) is 15.2 Å². The molecule has 6 nitrogen and oxygen atoms in total. The smallest absolute Gasteiger partial charge is 0.258 e. The van der Waals surface area contributed by atoms with E-state index >= 15 is 0 Å². The maximum absolute atomic E-state index is 5.39. The molecule has 0 aliphatic carbocycles. The molecule has 1 aromatic carbocycles. The zero-order valence-corrected chi connectivity index (χ0v) is 11.3. The van der Waals surface area contributed by atoms with Crippen LogP contribution >= 0.6 is 0 Å². The van der Waals surface area contributed by atoms with Crippen molar-refractivity contribution in [3.63, 3.8) is 0 Å². The van der Waals surface area contributed by atoms with Crippen molar-refractivity contribution in [2.75, 3.05) is 13.2 Å². The van der Waals surface area contributed by atoms with E-state index in [-0.39, 0.29) is 5.92 Å². The minimum Gasteiger partial charge on any atom is -0.381 e. The Morgan fingerprint density at radius 3 is 3.05 bits per heavy atom. The molecule has 1 fully saturated rings. The highest BCUT2D eigenvalue weighted by Gasteiger charge is 2.23. The average Bonchev–Trinajstić information content (AvgIpc) is 3.26. The highest BCUT2D eigenvalue weighted by Crippen LogP contribution is 2.26. The molecule has 21 heavy (non-hydrogen) atoms. The molecule has 106 valence electrons. The average molecular weight is 282 g/mol. The number of ether oxygens (including phenoxy) is 1. The first-order chi connectivity index (χ1) is 10.4. The minimum atomic E-state index is 0.247. The van der Waals surface area contributed by atoms with Gasteiger partial charge in [-0.3, -0.25) is 0 Å². The van der Waals surface area contributed by atoms with E-state index in [1.54, 1.807) is 10.9 Å². The lowest BCUT2D eigenvalue weighted by molar-refractivity contribution is 0.192. The Balaban J connectivity index is 1.65. The molecule has 6 heteroatoms. The fourth-order valence-corrected chi connectivity index (χ4v) is 2.46. The maximum atomic E-state index is 5.39. The second-order valence-electron chi connectivity index (χ2n) is 5.02. The maximum Gasteiger partial charge on any atom is 0.258 e.